The maximum absolute atomic E-state index is 13.7. The number of rotatable bonds is 15. The first-order valence-electron chi connectivity index (χ1n) is 30.1. The highest BCUT2D eigenvalue weighted by Gasteiger charge is 2.19. The van der Waals surface area contributed by atoms with Crippen molar-refractivity contribution in [2.75, 3.05) is 41.8 Å². The number of H-pyrrole nitrogens is 3. The second-order valence-electron chi connectivity index (χ2n) is 22.8. The number of benzene rings is 3. The molecule has 1 unspecified atom stereocenters. The van der Waals surface area contributed by atoms with Gasteiger partial charge in [0.2, 0.25) is 0 Å². The molecule has 0 saturated carbocycles. The maximum atomic E-state index is 13.7. The van der Waals surface area contributed by atoms with Crippen LogP contribution in [0.25, 0.3) is 83.4 Å². The zero-order valence-electron chi connectivity index (χ0n) is 52.0. The lowest BCUT2D eigenvalue weighted by atomic mass is 10.0. The molecule has 6 N–H and O–H groups in total. The monoisotopic (exact) mass is 1270 g/mol. The maximum Gasteiger partial charge on any atom is 0.160 e. The van der Waals surface area contributed by atoms with Crippen LogP contribution in [0.1, 0.15) is 71.9 Å². The largest absolute Gasteiger partial charge is 0.369 e. The first-order valence-corrected chi connectivity index (χ1v) is 31.3. The van der Waals surface area contributed by atoms with E-state index < -0.39 is 0 Å². The number of nitrogens with zero attached hydrogens (tertiary/aromatic N) is 12. The lowest BCUT2D eigenvalue weighted by Gasteiger charge is -2.15. The van der Waals surface area contributed by atoms with Gasteiger partial charge in [-0.2, -0.15) is 32.7 Å². The molecule has 15 rings (SSSR count). The van der Waals surface area contributed by atoms with Crippen LogP contribution in [-0.2, 0) is 0 Å². The minimum absolute atomic E-state index is 0.250. The summed E-state index contributed by atoms with van der Waals surface area (Å²) in [6.45, 7) is 14.6. The summed E-state index contributed by atoms with van der Waals surface area (Å²) in [5.41, 5.74) is 16.1. The summed E-state index contributed by atoms with van der Waals surface area (Å²) in [5, 5.41) is 27.6. The fraction of sp³-hybridized carbons (Fsp3) is 0.186. The molecule has 0 aliphatic rings. The van der Waals surface area contributed by atoms with Gasteiger partial charge in [0.25, 0.3) is 0 Å². The molecule has 3 aromatic carbocycles. The number of hydrogen-bond acceptors (Lipinski definition) is 13. The normalized spacial score (nSPS) is 12.3. The van der Waals surface area contributed by atoms with Gasteiger partial charge in [-0.3, -0.25) is 15.0 Å². The van der Waals surface area contributed by atoms with Gasteiger partial charge < -0.3 is 30.9 Å². The number of fused-ring (bicyclic) bond motifs is 6. The SMILES string of the molecule is CSF.Cc1cnn2c(NCC(C)c3c[nH]c4ccccc34)cc(-c3cncc(F)c3)nc12.Cc1cnn2c(NC[C@@H](C)c3c[nH]c4ccccc34)cc(-c3cncc(F)c3)nc12.Cc1cnn2c(NC[C@H](C)c3c[nH]c4ccccc34)cc(-c3cncc(F)c3)nc12. The Labute approximate surface area is 536 Å². The highest BCUT2D eigenvalue weighted by atomic mass is 32.2. The Morgan fingerprint density at radius 1 is 0.419 bits per heavy atom. The summed E-state index contributed by atoms with van der Waals surface area (Å²) in [6, 6.07) is 34.9. The molecule has 93 heavy (non-hydrogen) atoms. The first kappa shape index (κ1) is 62.3. The van der Waals surface area contributed by atoms with Gasteiger partial charge in [-0.15, -0.1) is 0 Å². The van der Waals surface area contributed by atoms with Crippen LogP contribution in [0.4, 0.5) is 34.5 Å². The van der Waals surface area contributed by atoms with Crippen LogP contribution in [0.15, 0.2) is 184 Å². The number of para-hydroxylation sites is 3. The smallest absolute Gasteiger partial charge is 0.160 e. The van der Waals surface area contributed by atoms with E-state index in [-0.39, 0.29) is 47.4 Å². The Morgan fingerprint density at radius 2 is 0.699 bits per heavy atom. The van der Waals surface area contributed by atoms with Gasteiger partial charge in [-0.05, 0) is 73.9 Å². The number of pyridine rings is 3. The molecule has 15 aromatic rings. The molecule has 23 heteroatoms. The Balaban J connectivity index is 0.000000131. The molecule has 0 bridgehead atoms. The van der Waals surface area contributed by atoms with Crippen molar-refractivity contribution < 1.29 is 17.1 Å². The van der Waals surface area contributed by atoms with E-state index >= 15 is 0 Å². The summed E-state index contributed by atoms with van der Waals surface area (Å²) >= 11 is 0.250. The molecule has 3 atom stereocenters. The average molecular weight is 1270 g/mol. The average Bonchev–Trinajstić information content (AvgIpc) is 1.99. The van der Waals surface area contributed by atoms with Crippen LogP contribution in [-0.4, -0.2) is 99.6 Å². The molecule has 0 saturated heterocycles. The van der Waals surface area contributed by atoms with Crippen LogP contribution in [0.5, 0.6) is 0 Å². The predicted molar refractivity (Wildman–Crippen MR) is 363 cm³/mol. The van der Waals surface area contributed by atoms with Gasteiger partial charge in [0.15, 0.2) is 16.9 Å². The van der Waals surface area contributed by atoms with E-state index in [0.29, 0.717) is 53.4 Å². The molecule has 0 aliphatic heterocycles. The van der Waals surface area contributed by atoms with Crippen molar-refractivity contribution in [3.63, 3.8) is 0 Å². The summed E-state index contributed by atoms with van der Waals surface area (Å²) in [7, 11) is 0. The number of anilines is 3. The minimum Gasteiger partial charge on any atom is -0.369 e. The minimum atomic E-state index is -0.387. The van der Waals surface area contributed by atoms with E-state index in [9.17, 15) is 17.1 Å². The Kier molecular flexibility index (Phi) is 18.5. The third-order valence-corrected chi connectivity index (χ3v) is 16.2. The van der Waals surface area contributed by atoms with E-state index in [2.05, 4.69) is 170 Å². The molecule has 12 heterocycles. The molecule has 0 radical (unpaired) electrons. The van der Waals surface area contributed by atoms with Crippen LogP contribution in [0.3, 0.4) is 0 Å². The molecule has 0 spiro atoms. The van der Waals surface area contributed by atoms with Crippen molar-refractivity contribution in [3.8, 4) is 33.8 Å². The van der Waals surface area contributed by atoms with Crippen LogP contribution in [0, 0.1) is 38.2 Å². The van der Waals surface area contributed by atoms with Crippen molar-refractivity contribution >= 4 is 79.3 Å². The molecule has 470 valence electrons. The quantitative estimate of drug-likeness (QED) is 0.0528. The summed E-state index contributed by atoms with van der Waals surface area (Å²) in [5.74, 6) is 2.05. The zero-order chi connectivity index (χ0) is 64.7. The second-order valence-corrected chi connectivity index (χ2v) is 23.1. The van der Waals surface area contributed by atoms with Crippen LogP contribution in [0.2, 0.25) is 0 Å². The van der Waals surface area contributed by atoms with Crippen LogP contribution >= 0.6 is 12.1 Å². The van der Waals surface area contributed by atoms with Gasteiger partial charge >= 0.3 is 0 Å². The van der Waals surface area contributed by atoms with E-state index in [1.54, 1.807) is 50.7 Å². The lowest BCUT2D eigenvalue weighted by Crippen LogP contribution is -2.13. The summed E-state index contributed by atoms with van der Waals surface area (Å²) < 4.78 is 56.7. The molecular formula is C70H66F4N18S. The third kappa shape index (κ3) is 13.6. The number of nitrogens with one attached hydrogen (secondary N) is 6. The third-order valence-electron chi connectivity index (χ3n) is 16.2. The van der Waals surface area contributed by atoms with Gasteiger partial charge in [-0.1, -0.05) is 75.4 Å². The first-order chi connectivity index (χ1) is 45.2. The van der Waals surface area contributed by atoms with Crippen molar-refractivity contribution in [2.45, 2.75) is 59.3 Å². The van der Waals surface area contributed by atoms with Crippen molar-refractivity contribution in [3.05, 3.63) is 234 Å². The van der Waals surface area contributed by atoms with E-state index in [1.807, 2.05) is 57.2 Å². The number of halogens is 4. The highest BCUT2D eigenvalue weighted by Crippen LogP contribution is 2.32. The Hall–Kier alpha value is -10.9. The second kappa shape index (κ2) is 27.7. The molecule has 0 amide bonds. The fourth-order valence-electron chi connectivity index (χ4n) is 11.3. The summed E-state index contributed by atoms with van der Waals surface area (Å²) in [4.78, 5) is 35.9. The highest BCUT2D eigenvalue weighted by molar-refractivity contribution is 7.93. The molecular weight excluding hydrogens is 1200 g/mol. The fourth-order valence-corrected chi connectivity index (χ4v) is 11.3. The van der Waals surface area contributed by atoms with Gasteiger partial charge in [-0.25, -0.2) is 28.1 Å². The van der Waals surface area contributed by atoms with Gasteiger partial charge in [0, 0.05) is 177 Å². The van der Waals surface area contributed by atoms with E-state index in [4.69, 9.17) is 0 Å². The zero-order valence-corrected chi connectivity index (χ0v) is 52.8. The number of aromatic nitrogens is 15. The standard InChI is InChI=1S/3C23H21FN6.CH3FS/c3*1-14(19-13-26-20-6-4-3-5-18(19)20)9-27-22-8-21(16-7-17(24)12-25-11-16)29-23-15(2)10-28-30(22)23;1-3-2/h3*3-8,10-14,26-27H,9H2,1-2H3;1H3/t2*14-;;/m10../s1. The molecule has 0 aliphatic carbocycles. The topological polar surface area (TPSA) is 213 Å². The predicted octanol–water partition coefficient (Wildman–Crippen LogP) is 16.0. The van der Waals surface area contributed by atoms with Crippen molar-refractivity contribution in [1.82, 2.24) is 73.7 Å². The van der Waals surface area contributed by atoms with Gasteiger partial charge in [0.1, 0.15) is 34.9 Å². The van der Waals surface area contributed by atoms with Crippen molar-refractivity contribution in [1.29, 1.82) is 0 Å². The van der Waals surface area contributed by atoms with E-state index in [1.165, 1.54) is 75.9 Å². The number of aromatic amines is 3. The molecule has 12 aromatic heterocycles. The number of aryl methyl sites for hydroxylation is 3. The van der Waals surface area contributed by atoms with Crippen LogP contribution < -0.4 is 16.0 Å². The van der Waals surface area contributed by atoms with E-state index in [0.717, 1.165) is 67.6 Å². The van der Waals surface area contributed by atoms with Crippen molar-refractivity contribution in [2.24, 2.45) is 0 Å². The lowest BCUT2D eigenvalue weighted by molar-refractivity contribution is 0.621. The number of hydrogen-bond donors (Lipinski definition) is 6. The Morgan fingerprint density at radius 3 is 0.978 bits per heavy atom. The summed E-state index contributed by atoms with van der Waals surface area (Å²) in [6.07, 6.45) is 21.3. The molecule has 18 nitrogen and oxygen atoms in total. The Bertz CT molecular complexity index is 4590. The molecule has 0 fully saturated rings. The van der Waals surface area contributed by atoms with Gasteiger partial charge in [0.05, 0.1) is 54.3 Å².